The molecular formula is C23H27FO. The van der Waals surface area contributed by atoms with Crippen LogP contribution in [0.3, 0.4) is 0 Å². The van der Waals surface area contributed by atoms with E-state index >= 15 is 0 Å². The van der Waals surface area contributed by atoms with Crippen LogP contribution in [0.2, 0.25) is 0 Å². The van der Waals surface area contributed by atoms with Crippen molar-refractivity contribution in [3.63, 3.8) is 0 Å². The monoisotopic (exact) mass is 338 g/mol. The van der Waals surface area contributed by atoms with Crippen molar-refractivity contribution in [3.8, 4) is 16.9 Å². The molecule has 2 aromatic rings. The van der Waals surface area contributed by atoms with Crippen LogP contribution >= 0.6 is 0 Å². The Labute approximate surface area is 150 Å². The Balaban J connectivity index is 1.70. The molecule has 0 radical (unpaired) electrons. The Morgan fingerprint density at radius 3 is 2.32 bits per heavy atom. The first-order valence-corrected chi connectivity index (χ1v) is 9.36. The average molecular weight is 338 g/mol. The standard InChI is InChI=1S/C23H27FO/c1-3-15-25-23-14-13-21(16-22(23)24)20-11-9-19(10-12-20)18-7-5-17(4-2)6-8-18/h4,9-14,16-18H,2-3,5-8,15H2,1H3. The van der Waals surface area contributed by atoms with Crippen LogP contribution in [0.5, 0.6) is 5.75 Å². The molecule has 1 aliphatic carbocycles. The second-order valence-electron chi connectivity index (χ2n) is 6.96. The molecule has 132 valence electrons. The zero-order valence-electron chi connectivity index (χ0n) is 15.0. The summed E-state index contributed by atoms with van der Waals surface area (Å²) in [5.41, 5.74) is 3.34. The van der Waals surface area contributed by atoms with E-state index in [1.807, 2.05) is 13.0 Å². The molecule has 0 bridgehead atoms. The van der Waals surface area contributed by atoms with E-state index in [1.54, 1.807) is 12.1 Å². The molecule has 1 aliphatic rings. The Kier molecular flexibility index (Phi) is 5.91. The molecule has 0 aromatic heterocycles. The maximum absolute atomic E-state index is 14.2. The van der Waals surface area contributed by atoms with Gasteiger partial charge in [-0.15, -0.1) is 6.58 Å². The number of hydrogen-bond acceptors (Lipinski definition) is 1. The van der Waals surface area contributed by atoms with E-state index in [2.05, 4.69) is 36.9 Å². The lowest BCUT2D eigenvalue weighted by atomic mass is 9.78. The van der Waals surface area contributed by atoms with Gasteiger partial charge in [-0.1, -0.05) is 43.3 Å². The van der Waals surface area contributed by atoms with Crippen molar-refractivity contribution in [2.24, 2.45) is 5.92 Å². The Hall–Kier alpha value is -2.09. The third-order valence-electron chi connectivity index (χ3n) is 5.21. The number of hydrogen-bond donors (Lipinski definition) is 0. The molecule has 2 aromatic carbocycles. The molecule has 1 fully saturated rings. The minimum atomic E-state index is -0.294. The maximum Gasteiger partial charge on any atom is 0.165 e. The lowest BCUT2D eigenvalue weighted by Crippen LogP contribution is -2.11. The van der Waals surface area contributed by atoms with Gasteiger partial charge >= 0.3 is 0 Å². The van der Waals surface area contributed by atoms with E-state index in [9.17, 15) is 4.39 Å². The van der Waals surface area contributed by atoms with Crippen molar-refractivity contribution < 1.29 is 9.13 Å². The van der Waals surface area contributed by atoms with Crippen LogP contribution < -0.4 is 4.74 Å². The molecule has 0 atom stereocenters. The van der Waals surface area contributed by atoms with E-state index < -0.39 is 0 Å². The third kappa shape index (κ3) is 4.31. The molecule has 3 rings (SSSR count). The topological polar surface area (TPSA) is 9.23 Å². The highest BCUT2D eigenvalue weighted by atomic mass is 19.1. The summed E-state index contributed by atoms with van der Waals surface area (Å²) in [5.74, 6) is 1.37. The quantitative estimate of drug-likeness (QED) is 0.530. The maximum atomic E-state index is 14.2. The number of benzene rings is 2. The first-order chi connectivity index (χ1) is 12.2. The lowest BCUT2D eigenvalue weighted by molar-refractivity contribution is 0.301. The van der Waals surface area contributed by atoms with Crippen molar-refractivity contribution in [2.45, 2.75) is 44.9 Å². The van der Waals surface area contributed by atoms with E-state index in [4.69, 9.17) is 4.74 Å². The molecule has 0 spiro atoms. The zero-order valence-corrected chi connectivity index (χ0v) is 15.0. The summed E-state index contributed by atoms with van der Waals surface area (Å²) in [6, 6.07) is 13.8. The summed E-state index contributed by atoms with van der Waals surface area (Å²) in [4.78, 5) is 0. The average Bonchev–Trinajstić information content (AvgIpc) is 2.67. The number of halogens is 1. The van der Waals surface area contributed by atoms with Crippen LogP contribution in [0.15, 0.2) is 55.1 Å². The highest BCUT2D eigenvalue weighted by Gasteiger charge is 2.20. The third-order valence-corrected chi connectivity index (χ3v) is 5.21. The lowest BCUT2D eigenvalue weighted by Gasteiger charge is -2.27. The minimum absolute atomic E-state index is 0.294. The fourth-order valence-corrected chi connectivity index (χ4v) is 3.65. The van der Waals surface area contributed by atoms with Gasteiger partial charge in [0.05, 0.1) is 6.61 Å². The van der Waals surface area contributed by atoms with E-state index in [1.165, 1.54) is 31.2 Å². The van der Waals surface area contributed by atoms with E-state index in [0.717, 1.165) is 17.5 Å². The van der Waals surface area contributed by atoms with Crippen LogP contribution in [-0.2, 0) is 0 Å². The second kappa shape index (κ2) is 8.33. The van der Waals surface area contributed by atoms with Gasteiger partial charge < -0.3 is 4.74 Å². The predicted molar refractivity (Wildman–Crippen MR) is 103 cm³/mol. The summed E-state index contributed by atoms with van der Waals surface area (Å²) in [5, 5.41) is 0. The van der Waals surface area contributed by atoms with E-state index in [0.29, 0.717) is 24.2 Å². The molecule has 0 unspecified atom stereocenters. The molecule has 0 heterocycles. The fraction of sp³-hybridized carbons (Fsp3) is 0.391. The predicted octanol–water partition coefficient (Wildman–Crippen LogP) is 6.74. The van der Waals surface area contributed by atoms with Gasteiger partial charge in [0.25, 0.3) is 0 Å². The number of allylic oxidation sites excluding steroid dienone is 1. The molecule has 0 saturated heterocycles. The summed E-state index contributed by atoms with van der Waals surface area (Å²) in [6.45, 7) is 6.47. The molecule has 0 N–H and O–H groups in total. The van der Waals surface area contributed by atoms with Crippen molar-refractivity contribution in [2.75, 3.05) is 6.61 Å². The van der Waals surface area contributed by atoms with Gasteiger partial charge in [0, 0.05) is 0 Å². The summed E-state index contributed by atoms with van der Waals surface area (Å²) >= 11 is 0. The Bertz CT molecular complexity index is 697. The van der Waals surface area contributed by atoms with Crippen LogP contribution in [0.25, 0.3) is 11.1 Å². The van der Waals surface area contributed by atoms with Gasteiger partial charge in [-0.05, 0) is 72.8 Å². The molecule has 25 heavy (non-hydrogen) atoms. The first-order valence-electron chi connectivity index (χ1n) is 9.36. The van der Waals surface area contributed by atoms with E-state index in [-0.39, 0.29) is 5.82 Å². The van der Waals surface area contributed by atoms with Crippen molar-refractivity contribution in [1.29, 1.82) is 0 Å². The Morgan fingerprint density at radius 2 is 1.72 bits per heavy atom. The fourth-order valence-electron chi connectivity index (χ4n) is 3.65. The van der Waals surface area contributed by atoms with Crippen LogP contribution in [0.4, 0.5) is 4.39 Å². The zero-order chi connectivity index (χ0) is 17.6. The van der Waals surface area contributed by atoms with Crippen molar-refractivity contribution >= 4 is 0 Å². The molecular weight excluding hydrogens is 311 g/mol. The first kappa shape index (κ1) is 17.7. The molecule has 0 aliphatic heterocycles. The van der Waals surface area contributed by atoms with Gasteiger partial charge in [-0.2, -0.15) is 0 Å². The molecule has 0 amide bonds. The molecule has 1 nitrogen and oxygen atoms in total. The minimum Gasteiger partial charge on any atom is -0.491 e. The highest BCUT2D eigenvalue weighted by Crippen LogP contribution is 2.37. The van der Waals surface area contributed by atoms with Gasteiger partial charge in [0.1, 0.15) is 0 Å². The van der Waals surface area contributed by atoms with Crippen molar-refractivity contribution in [1.82, 2.24) is 0 Å². The summed E-state index contributed by atoms with van der Waals surface area (Å²) in [7, 11) is 0. The van der Waals surface area contributed by atoms with Crippen LogP contribution in [-0.4, -0.2) is 6.61 Å². The van der Waals surface area contributed by atoms with Crippen molar-refractivity contribution in [3.05, 3.63) is 66.5 Å². The second-order valence-corrected chi connectivity index (χ2v) is 6.96. The van der Waals surface area contributed by atoms with Gasteiger partial charge in [-0.3, -0.25) is 0 Å². The van der Waals surface area contributed by atoms with Gasteiger partial charge in [0.2, 0.25) is 0 Å². The van der Waals surface area contributed by atoms with Gasteiger partial charge in [0.15, 0.2) is 11.6 Å². The smallest absolute Gasteiger partial charge is 0.165 e. The van der Waals surface area contributed by atoms with Crippen LogP contribution in [0, 0.1) is 11.7 Å². The normalized spacial score (nSPS) is 20.2. The summed E-state index contributed by atoms with van der Waals surface area (Å²) < 4.78 is 19.6. The Morgan fingerprint density at radius 1 is 1.04 bits per heavy atom. The number of ether oxygens (including phenoxy) is 1. The largest absolute Gasteiger partial charge is 0.491 e. The van der Waals surface area contributed by atoms with Gasteiger partial charge in [-0.25, -0.2) is 4.39 Å². The molecule has 1 saturated carbocycles. The SMILES string of the molecule is C=CC1CCC(c2ccc(-c3ccc(OCCC)c(F)c3)cc2)CC1. The summed E-state index contributed by atoms with van der Waals surface area (Å²) in [6.07, 6.45) is 7.90. The number of rotatable bonds is 6. The highest BCUT2D eigenvalue weighted by molar-refractivity contribution is 5.64. The molecule has 2 heteroatoms. The van der Waals surface area contributed by atoms with Crippen LogP contribution in [0.1, 0.15) is 50.5 Å².